The number of hydrogen-bond acceptors (Lipinski definition) is 3. The van der Waals surface area contributed by atoms with Gasteiger partial charge in [0.1, 0.15) is 5.75 Å². The summed E-state index contributed by atoms with van der Waals surface area (Å²) >= 11 is 0. The van der Waals surface area contributed by atoms with Crippen molar-refractivity contribution in [2.75, 3.05) is 25.5 Å². The number of nitrogens with one attached hydrogen (secondary N) is 3. The Balaban J connectivity index is 1.90. The molecule has 5 nitrogen and oxygen atoms in total. The Bertz CT molecular complexity index is 436. The van der Waals surface area contributed by atoms with Crippen LogP contribution in [0.5, 0.6) is 5.75 Å². The number of carbonyl (C=O) groups is 1. The molecule has 1 aliphatic heterocycles. The molecule has 1 aliphatic rings. The van der Waals surface area contributed by atoms with E-state index < -0.39 is 0 Å². The van der Waals surface area contributed by atoms with Gasteiger partial charge in [0.05, 0.1) is 12.8 Å². The lowest BCUT2D eigenvalue weighted by Gasteiger charge is -2.28. The number of urea groups is 1. The largest absolute Gasteiger partial charge is 0.495 e. The fraction of sp³-hybridized carbons (Fsp3) is 0.500. The second-order valence-corrected chi connectivity index (χ2v) is 4.99. The SMILES string of the molecule is COc1ccccc1NC(=O)NC1CNCC(C)C1. The molecule has 1 fully saturated rings. The lowest BCUT2D eigenvalue weighted by atomic mass is 9.98. The second-order valence-electron chi connectivity index (χ2n) is 4.99. The van der Waals surface area contributed by atoms with Gasteiger partial charge in [0.15, 0.2) is 0 Å². The van der Waals surface area contributed by atoms with E-state index in [1.165, 1.54) is 0 Å². The molecule has 2 unspecified atom stereocenters. The molecule has 0 saturated carbocycles. The number of ether oxygens (including phenoxy) is 1. The number of anilines is 1. The highest BCUT2D eigenvalue weighted by Crippen LogP contribution is 2.22. The van der Waals surface area contributed by atoms with Gasteiger partial charge in [0.25, 0.3) is 0 Å². The number of methoxy groups -OCH3 is 1. The first-order chi connectivity index (χ1) is 9.19. The first kappa shape index (κ1) is 13.7. The van der Waals surface area contributed by atoms with Crippen LogP contribution in [0.3, 0.4) is 0 Å². The summed E-state index contributed by atoms with van der Waals surface area (Å²) in [6.45, 7) is 4.02. The van der Waals surface area contributed by atoms with Gasteiger partial charge in [-0.3, -0.25) is 0 Å². The zero-order valence-electron chi connectivity index (χ0n) is 11.4. The third-order valence-electron chi connectivity index (χ3n) is 3.26. The van der Waals surface area contributed by atoms with E-state index in [9.17, 15) is 4.79 Å². The fourth-order valence-corrected chi connectivity index (χ4v) is 2.36. The van der Waals surface area contributed by atoms with Gasteiger partial charge in [-0.15, -0.1) is 0 Å². The van der Waals surface area contributed by atoms with E-state index in [1.54, 1.807) is 7.11 Å². The van der Waals surface area contributed by atoms with Gasteiger partial charge < -0.3 is 20.7 Å². The molecule has 19 heavy (non-hydrogen) atoms. The molecule has 2 atom stereocenters. The van der Waals surface area contributed by atoms with Crippen LogP contribution in [0, 0.1) is 5.92 Å². The maximum absolute atomic E-state index is 11.9. The van der Waals surface area contributed by atoms with Crippen molar-refractivity contribution in [3.63, 3.8) is 0 Å². The number of hydrogen-bond donors (Lipinski definition) is 3. The quantitative estimate of drug-likeness (QED) is 0.779. The number of benzene rings is 1. The highest BCUT2D eigenvalue weighted by atomic mass is 16.5. The minimum atomic E-state index is -0.189. The van der Waals surface area contributed by atoms with Gasteiger partial charge >= 0.3 is 6.03 Å². The van der Waals surface area contributed by atoms with Gasteiger partial charge in [-0.05, 0) is 31.0 Å². The van der Waals surface area contributed by atoms with Crippen molar-refractivity contribution in [2.45, 2.75) is 19.4 Å². The molecule has 0 radical (unpaired) electrons. The molecule has 2 rings (SSSR count). The first-order valence-electron chi connectivity index (χ1n) is 6.60. The summed E-state index contributed by atoms with van der Waals surface area (Å²) in [6.07, 6.45) is 1.01. The van der Waals surface area contributed by atoms with Crippen LogP contribution in [-0.2, 0) is 0 Å². The first-order valence-corrected chi connectivity index (χ1v) is 6.60. The van der Waals surface area contributed by atoms with E-state index in [0.29, 0.717) is 17.4 Å². The molecule has 0 spiro atoms. The molecule has 0 aliphatic carbocycles. The topological polar surface area (TPSA) is 62.4 Å². The van der Waals surface area contributed by atoms with Crippen LogP contribution in [0.4, 0.5) is 10.5 Å². The monoisotopic (exact) mass is 263 g/mol. The summed E-state index contributed by atoms with van der Waals surface area (Å²) in [4.78, 5) is 11.9. The smallest absolute Gasteiger partial charge is 0.319 e. The molecule has 1 aromatic carbocycles. The molecule has 0 bridgehead atoms. The summed E-state index contributed by atoms with van der Waals surface area (Å²) < 4.78 is 5.20. The third-order valence-corrected chi connectivity index (χ3v) is 3.26. The molecule has 104 valence electrons. The van der Waals surface area contributed by atoms with Crippen LogP contribution in [0.15, 0.2) is 24.3 Å². The highest BCUT2D eigenvalue weighted by Gasteiger charge is 2.20. The number of para-hydroxylation sites is 2. The van der Waals surface area contributed by atoms with E-state index in [0.717, 1.165) is 19.5 Å². The number of rotatable bonds is 3. The van der Waals surface area contributed by atoms with Crippen LogP contribution >= 0.6 is 0 Å². The molecule has 3 N–H and O–H groups in total. The second kappa shape index (κ2) is 6.43. The van der Waals surface area contributed by atoms with Crippen LogP contribution < -0.4 is 20.7 Å². The molecule has 1 saturated heterocycles. The zero-order chi connectivity index (χ0) is 13.7. The van der Waals surface area contributed by atoms with Crippen molar-refractivity contribution in [2.24, 2.45) is 5.92 Å². The van der Waals surface area contributed by atoms with E-state index in [4.69, 9.17) is 4.74 Å². The Hall–Kier alpha value is -1.75. The lowest BCUT2D eigenvalue weighted by Crippen LogP contribution is -2.49. The van der Waals surface area contributed by atoms with Gasteiger partial charge in [-0.25, -0.2) is 4.79 Å². The number of piperidine rings is 1. The van der Waals surface area contributed by atoms with Crippen molar-refractivity contribution >= 4 is 11.7 Å². The standard InChI is InChI=1S/C14H21N3O2/c1-10-7-11(9-15-8-10)16-14(18)17-12-5-3-4-6-13(12)19-2/h3-6,10-11,15H,7-9H2,1-2H3,(H2,16,17,18). The maximum Gasteiger partial charge on any atom is 0.319 e. The molecular formula is C14H21N3O2. The van der Waals surface area contributed by atoms with Crippen molar-refractivity contribution in [3.05, 3.63) is 24.3 Å². The summed E-state index contributed by atoms with van der Waals surface area (Å²) in [5, 5.41) is 9.11. The normalized spacial score (nSPS) is 22.6. The summed E-state index contributed by atoms with van der Waals surface area (Å²) in [6, 6.07) is 7.36. The average Bonchev–Trinajstić information content (AvgIpc) is 2.39. The van der Waals surface area contributed by atoms with E-state index in [2.05, 4.69) is 22.9 Å². The van der Waals surface area contributed by atoms with Crippen LogP contribution in [0.1, 0.15) is 13.3 Å². The molecular weight excluding hydrogens is 242 g/mol. The number of amides is 2. The summed E-state index contributed by atoms with van der Waals surface area (Å²) in [5.74, 6) is 1.25. The van der Waals surface area contributed by atoms with Crippen molar-refractivity contribution in [3.8, 4) is 5.75 Å². The third kappa shape index (κ3) is 3.86. The molecule has 1 heterocycles. The Kier molecular flexibility index (Phi) is 4.63. The van der Waals surface area contributed by atoms with Crippen LogP contribution in [0.25, 0.3) is 0 Å². The maximum atomic E-state index is 11.9. The molecule has 1 aromatic rings. The zero-order valence-corrected chi connectivity index (χ0v) is 11.4. The summed E-state index contributed by atoms with van der Waals surface area (Å²) in [7, 11) is 1.59. The van der Waals surface area contributed by atoms with Gasteiger partial charge in [0, 0.05) is 12.6 Å². The van der Waals surface area contributed by atoms with Gasteiger partial charge in [-0.2, -0.15) is 0 Å². The Morgan fingerprint density at radius 2 is 2.16 bits per heavy atom. The highest BCUT2D eigenvalue weighted by molar-refractivity contribution is 5.91. The minimum Gasteiger partial charge on any atom is -0.495 e. The number of carbonyl (C=O) groups excluding carboxylic acids is 1. The summed E-state index contributed by atoms with van der Waals surface area (Å²) in [5.41, 5.74) is 0.680. The van der Waals surface area contributed by atoms with Crippen molar-refractivity contribution in [1.82, 2.24) is 10.6 Å². The van der Waals surface area contributed by atoms with E-state index in [1.807, 2.05) is 24.3 Å². The molecule has 2 amide bonds. The predicted molar refractivity (Wildman–Crippen MR) is 75.6 cm³/mol. The van der Waals surface area contributed by atoms with Crippen molar-refractivity contribution in [1.29, 1.82) is 0 Å². The van der Waals surface area contributed by atoms with E-state index in [-0.39, 0.29) is 12.1 Å². The minimum absolute atomic E-state index is 0.179. The van der Waals surface area contributed by atoms with Crippen molar-refractivity contribution < 1.29 is 9.53 Å². The molecule has 0 aromatic heterocycles. The Morgan fingerprint density at radius 1 is 1.37 bits per heavy atom. The van der Waals surface area contributed by atoms with Gasteiger partial charge in [-0.1, -0.05) is 19.1 Å². The Morgan fingerprint density at radius 3 is 2.89 bits per heavy atom. The molecule has 5 heteroatoms. The van der Waals surface area contributed by atoms with Crippen LogP contribution in [-0.4, -0.2) is 32.3 Å². The average molecular weight is 263 g/mol. The lowest BCUT2D eigenvalue weighted by molar-refractivity contribution is 0.241. The van der Waals surface area contributed by atoms with Crippen LogP contribution in [0.2, 0.25) is 0 Å². The fourth-order valence-electron chi connectivity index (χ4n) is 2.36. The predicted octanol–water partition coefficient (Wildman–Crippen LogP) is 1.81. The van der Waals surface area contributed by atoms with E-state index >= 15 is 0 Å². The van der Waals surface area contributed by atoms with Gasteiger partial charge in [0.2, 0.25) is 0 Å². The Labute approximate surface area is 113 Å².